The van der Waals surface area contributed by atoms with E-state index in [1.165, 1.54) is 16.7 Å². The summed E-state index contributed by atoms with van der Waals surface area (Å²) in [4.78, 5) is 38.3. The van der Waals surface area contributed by atoms with E-state index >= 15 is 0 Å². The average Bonchev–Trinajstić information content (AvgIpc) is 3.12. The summed E-state index contributed by atoms with van der Waals surface area (Å²) in [6, 6.07) is 7.95. The molecular weight excluding hydrogens is 378 g/mol. The number of benzene rings is 1. The number of carbonyl (C=O) groups is 3. The van der Waals surface area contributed by atoms with E-state index in [1.807, 2.05) is 6.07 Å². The fourth-order valence-electron chi connectivity index (χ4n) is 4.33. The first-order valence-corrected chi connectivity index (χ1v) is 10.5. The number of likely N-dealkylation sites (N-methyl/N-ethyl adjacent to an activating group) is 1. The summed E-state index contributed by atoms with van der Waals surface area (Å²) in [5, 5.41) is 14.2. The second-order valence-corrected chi connectivity index (χ2v) is 9.00. The number of nitrogens with zero attached hydrogens (tertiary/aromatic N) is 2. The number of carbonyl (C=O) groups excluding carboxylic acids is 3. The highest BCUT2D eigenvalue weighted by molar-refractivity contribution is 8.00. The normalized spacial score (nSPS) is 25.9. The van der Waals surface area contributed by atoms with Gasteiger partial charge >= 0.3 is 0 Å². The number of fused-ring (bicyclic) bond motifs is 1. The third kappa shape index (κ3) is 3.31. The van der Waals surface area contributed by atoms with Crippen LogP contribution in [0, 0.1) is 0 Å². The van der Waals surface area contributed by atoms with E-state index in [9.17, 15) is 19.5 Å². The first-order valence-electron chi connectivity index (χ1n) is 9.47. The lowest BCUT2D eigenvalue weighted by Crippen LogP contribution is -2.71. The number of carboxylic acids is 1. The number of amides is 2. The van der Waals surface area contributed by atoms with Crippen LogP contribution in [0.1, 0.15) is 23.2 Å². The number of thioether (sulfide) groups is 1. The van der Waals surface area contributed by atoms with Crippen LogP contribution in [0.15, 0.2) is 41.6 Å². The molecule has 2 amide bonds. The molecule has 7 nitrogen and oxygen atoms in total. The molecular formula is C20H23N3O4S. The van der Waals surface area contributed by atoms with Crippen molar-refractivity contribution in [3.8, 4) is 0 Å². The average molecular weight is 401 g/mol. The predicted octanol–water partition coefficient (Wildman–Crippen LogP) is -0.0555. The maximum Gasteiger partial charge on any atom is 0.253 e. The van der Waals surface area contributed by atoms with Gasteiger partial charge < -0.3 is 19.7 Å². The maximum atomic E-state index is 12.7. The lowest BCUT2D eigenvalue weighted by molar-refractivity contribution is -0.893. The minimum atomic E-state index is -1.31. The molecule has 3 aliphatic heterocycles. The van der Waals surface area contributed by atoms with Crippen LogP contribution < -0.4 is 10.4 Å². The van der Waals surface area contributed by atoms with Gasteiger partial charge in [0.15, 0.2) is 0 Å². The van der Waals surface area contributed by atoms with Gasteiger partial charge in [0.2, 0.25) is 0 Å². The Morgan fingerprint density at radius 2 is 1.93 bits per heavy atom. The van der Waals surface area contributed by atoms with Crippen molar-refractivity contribution in [1.29, 1.82) is 0 Å². The quantitative estimate of drug-likeness (QED) is 0.552. The molecule has 8 heteroatoms. The Balaban J connectivity index is 1.52. The Kier molecular flexibility index (Phi) is 4.93. The molecule has 2 fully saturated rings. The molecule has 1 aromatic rings. The fraction of sp³-hybridized carbons (Fsp3) is 0.450. The van der Waals surface area contributed by atoms with Gasteiger partial charge in [0.1, 0.15) is 18.0 Å². The van der Waals surface area contributed by atoms with Crippen molar-refractivity contribution >= 4 is 29.5 Å². The molecule has 2 saturated heterocycles. The van der Waals surface area contributed by atoms with Crippen molar-refractivity contribution in [2.75, 3.05) is 32.4 Å². The second-order valence-electron chi connectivity index (χ2n) is 7.90. The smallest absolute Gasteiger partial charge is 0.253 e. The van der Waals surface area contributed by atoms with Crippen LogP contribution in [0.5, 0.6) is 0 Å². The number of β-lactam (4-membered cyclic amide) rings is 1. The van der Waals surface area contributed by atoms with Crippen LogP contribution >= 0.6 is 11.8 Å². The van der Waals surface area contributed by atoms with Crippen LogP contribution in [-0.4, -0.2) is 71.0 Å². The van der Waals surface area contributed by atoms with Gasteiger partial charge in [-0.05, 0) is 12.1 Å². The number of likely N-dealkylation sites (tertiary alicyclic amines) is 1. The molecule has 2 atom stereocenters. The summed E-state index contributed by atoms with van der Waals surface area (Å²) in [6.07, 6.45) is 2.27. The van der Waals surface area contributed by atoms with Gasteiger partial charge in [0.05, 0.1) is 31.8 Å². The lowest BCUT2D eigenvalue weighted by Gasteiger charge is -2.51. The van der Waals surface area contributed by atoms with Crippen molar-refractivity contribution < 1.29 is 24.0 Å². The van der Waals surface area contributed by atoms with Crippen molar-refractivity contribution in [3.63, 3.8) is 0 Å². The minimum absolute atomic E-state index is 0.00482. The van der Waals surface area contributed by atoms with E-state index < -0.39 is 17.4 Å². The van der Waals surface area contributed by atoms with Crippen molar-refractivity contribution in [1.82, 2.24) is 10.2 Å². The standard InChI is InChI=1S/C20H23N3O4S/c1-23(9-5-6-10-23)11-14-12-28-19-15(18(25)22(19)16(14)20(26)27)21-17(24)13-7-3-2-4-8-13/h2-4,7-8,15,19H,5-6,9-12H2,1H3,(H-,21,24,26,27)/t15?,19-/m0/s1. The monoisotopic (exact) mass is 401 g/mol. The molecule has 3 aliphatic rings. The van der Waals surface area contributed by atoms with Crippen LogP contribution in [0.25, 0.3) is 0 Å². The summed E-state index contributed by atoms with van der Waals surface area (Å²) >= 11 is 1.50. The third-order valence-corrected chi connectivity index (χ3v) is 7.12. The van der Waals surface area contributed by atoms with Gasteiger partial charge in [-0.1, -0.05) is 18.2 Å². The molecule has 1 aromatic carbocycles. The highest BCUT2D eigenvalue weighted by Gasteiger charge is 2.53. The number of hydrogen-bond donors (Lipinski definition) is 1. The van der Waals surface area contributed by atoms with Gasteiger partial charge in [-0.3, -0.25) is 14.5 Å². The van der Waals surface area contributed by atoms with E-state index in [0.717, 1.165) is 36.0 Å². The molecule has 0 spiro atoms. The van der Waals surface area contributed by atoms with Crippen LogP contribution in [0.2, 0.25) is 0 Å². The van der Waals surface area contributed by atoms with Gasteiger partial charge in [-0.25, -0.2) is 0 Å². The summed E-state index contributed by atoms with van der Waals surface area (Å²) in [5.74, 6) is -1.50. The number of quaternary nitrogens is 1. The zero-order chi connectivity index (χ0) is 19.9. The Morgan fingerprint density at radius 1 is 1.25 bits per heavy atom. The first kappa shape index (κ1) is 19.0. The van der Waals surface area contributed by atoms with Gasteiger partial charge in [-0.15, -0.1) is 11.8 Å². The van der Waals surface area contributed by atoms with Gasteiger partial charge in [0, 0.05) is 29.7 Å². The summed E-state index contributed by atoms with van der Waals surface area (Å²) in [5.41, 5.74) is 1.23. The van der Waals surface area contributed by atoms with E-state index in [2.05, 4.69) is 12.4 Å². The van der Waals surface area contributed by atoms with E-state index in [0.29, 0.717) is 17.9 Å². The van der Waals surface area contributed by atoms with E-state index in [-0.39, 0.29) is 17.5 Å². The number of carboxylic acid groups (broad SMARTS) is 1. The van der Waals surface area contributed by atoms with E-state index in [1.54, 1.807) is 24.3 Å². The van der Waals surface area contributed by atoms with Crippen LogP contribution in [0.3, 0.4) is 0 Å². The molecule has 148 valence electrons. The zero-order valence-electron chi connectivity index (χ0n) is 15.7. The van der Waals surface area contributed by atoms with Crippen molar-refractivity contribution in [3.05, 3.63) is 47.2 Å². The Bertz CT molecular complexity index is 848. The molecule has 0 saturated carbocycles. The molecule has 1 unspecified atom stereocenters. The third-order valence-electron chi connectivity index (χ3n) is 5.78. The van der Waals surface area contributed by atoms with Crippen LogP contribution in [0.4, 0.5) is 0 Å². The lowest BCUT2D eigenvalue weighted by atomic mass is 10.0. The Hall–Kier alpha value is -2.32. The number of hydrogen-bond acceptors (Lipinski definition) is 5. The fourth-order valence-corrected chi connectivity index (χ4v) is 5.66. The number of aliphatic carboxylic acids is 1. The number of nitrogens with one attached hydrogen (secondary N) is 1. The molecule has 28 heavy (non-hydrogen) atoms. The maximum absolute atomic E-state index is 12.7. The summed E-state index contributed by atoms with van der Waals surface area (Å²) < 4.78 is 0.799. The molecule has 4 rings (SSSR count). The number of rotatable bonds is 5. The van der Waals surface area contributed by atoms with E-state index in [4.69, 9.17) is 0 Å². The molecule has 3 heterocycles. The second kappa shape index (κ2) is 7.25. The molecule has 0 bridgehead atoms. The van der Waals surface area contributed by atoms with Crippen LogP contribution in [-0.2, 0) is 9.59 Å². The largest absolute Gasteiger partial charge is 0.543 e. The zero-order valence-corrected chi connectivity index (χ0v) is 16.5. The van der Waals surface area contributed by atoms with Gasteiger partial charge in [-0.2, -0.15) is 0 Å². The Labute approximate surface area is 168 Å². The van der Waals surface area contributed by atoms with Crippen molar-refractivity contribution in [2.24, 2.45) is 0 Å². The first-order chi connectivity index (χ1) is 13.4. The predicted molar refractivity (Wildman–Crippen MR) is 103 cm³/mol. The van der Waals surface area contributed by atoms with Crippen molar-refractivity contribution in [2.45, 2.75) is 24.3 Å². The molecule has 0 radical (unpaired) electrons. The molecule has 1 N–H and O–H groups in total. The molecule has 0 aromatic heterocycles. The summed E-state index contributed by atoms with van der Waals surface area (Å²) in [7, 11) is 2.13. The molecule has 0 aliphatic carbocycles. The topological polar surface area (TPSA) is 89.5 Å². The SMILES string of the molecule is C[N+]1(CC2=C(C(=O)[O-])N3C(=O)C(NC(=O)c4ccccc4)[C@@H]3SC2)CCCC1. The van der Waals surface area contributed by atoms with Gasteiger partial charge in [0.25, 0.3) is 11.8 Å². The Morgan fingerprint density at radius 3 is 2.57 bits per heavy atom. The highest BCUT2D eigenvalue weighted by atomic mass is 32.2. The highest BCUT2D eigenvalue weighted by Crippen LogP contribution is 2.41. The summed E-state index contributed by atoms with van der Waals surface area (Å²) in [6.45, 7) is 2.65. The minimum Gasteiger partial charge on any atom is -0.543 e.